The average molecular weight is 673 g/mol. The maximum absolute atomic E-state index is 12.9. The molecule has 0 aromatic carbocycles. The van der Waals surface area contributed by atoms with Crippen LogP contribution in [0.25, 0.3) is 0 Å². The Morgan fingerprint density at radius 2 is 1.26 bits per heavy atom. The number of ether oxygens (including phenoxy) is 6. The van der Waals surface area contributed by atoms with Crippen molar-refractivity contribution in [2.45, 2.75) is 219 Å². The van der Waals surface area contributed by atoms with Gasteiger partial charge in [0.2, 0.25) is 0 Å². The van der Waals surface area contributed by atoms with E-state index in [-0.39, 0.29) is 35.3 Å². The molecule has 10 heteroatoms. The minimum absolute atomic E-state index is 0.0150. The highest BCUT2D eigenvalue weighted by Gasteiger charge is 2.48. The Bertz CT molecular complexity index is 891. The van der Waals surface area contributed by atoms with Crippen LogP contribution in [0.2, 0.25) is 18.1 Å². The molecule has 2 aliphatic heterocycles. The molecule has 0 unspecified atom stereocenters. The van der Waals surface area contributed by atoms with Gasteiger partial charge >= 0.3 is 11.9 Å². The second-order valence-electron chi connectivity index (χ2n) is 15.0. The second-order valence-corrected chi connectivity index (χ2v) is 19.8. The summed E-state index contributed by atoms with van der Waals surface area (Å²) in [6, 6.07) is 0. The van der Waals surface area contributed by atoms with E-state index in [1.807, 2.05) is 27.7 Å². The molecule has 0 aromatic rings. The third kappa shape index (κ3) is 13.5. The van der Waals surface area contributed by atoms with Crippen LogP contribution < -0.4 is 0 Å². The number of hydrogen-bond donors (Lipinski definition) is 0. The number of esters is 2. The molecule has 0 amide bonds. The molecular formula is C36H68O9Si. The minimum Gasteiger partial charge on any atom is -0.459 e. The van der Waals surface area contributed by atoms with Crippen LogP contribution in [0.15, 0.2) is 0 Å². The molecule has 0 bridgehead atoms. The number of hydrogen-bond acceptors (Lipinski definition) is 9. The quantitative estimate of drug-likeness (QED) is 0.0759. The molecule has 2 rings (SSSR count). The Morgan fingerprint density at radius 3 is 1.83 bits per heavy atom. The maximum atomic E-state index is 12.9. The Labute approximate surface area is 281 Å². The second kappa shape index (κ2) is 19.8. The first-order valence-corrected chi connectivity index (χ1v) is 21.2. The van der Waals surface area contributed by atoms with Gasteiger partial charge in [0.15, 0.2) is 27.0 Å². The summed E-state index contributed by atoms with van der Waals surface area (Å²) in [7, 11) is -2.11. The van der Waals surface area contributed by atoms with E-state index in [1.165, 1.54) is 19.3 Å². The van der Waals surface area contributed by atoms with Gasteiger partial charge in [-0.1, -0.05) is 80.1 Å². The lowest BCUT2D eigenvalue weighted by Gasteiger charge is -2.47. The van der Waals surface area contributed by atoms with Gasteiger partial charge in [-0.05, 0) is 58.2 Å². The van der Waals surface area contributed by atoms with Crippen LogP contribution in [0.4, 0.5) is 0 Å². The lowest BCUT2D eigenvalue weighted by atomic mass is 10.0. The van der Waals surface area contributed by atoms with Gasteiger partial charge in [0, 0.05) is 25.7 Å². The molecule has 0 radical (unpaired) electrons. The average Bonchev–Trinajstić information content (AvgIpc) is 2.97. The first-order chi connectivity index (χ1) is 21.6. The van der Waals surface area contributed by atoms with E-state index in [1.54, 1.807) is 0 Å². The Hall–Kier alpha value is -1.04. The molecule has 2 fully saturated rings. The molecule has 270 valence electrons. The van der Waals surface area contributed by atoms with Crippen molar-refractivity contribution in [2.75, 3.05) is 0 Å². The third-order valence-corrected chi connectivity index (χ3v) is 14.2. The number of carbonyl (C=O) groups excluding carboxylic acids is 2. The van der Waals surface area contributed by atoms with Gasteiger partial charge < -0.3 is 32.8 Å². The Balaban J connectivity index is 2.29. The molecule has 0 spiro atoms. The predicted octanol–water partition coefficient (Wildman–Crippen LogP) is 8.61. The lowest BCUT2D eigenvalue weighted by molar-refractivity contribution is -0.337. The molecule has 2 heterocycles. The van der Waals surface area contributed by atoms with E-state index in [2.05, 4.69) is 47.7 Å². The zero-order chi connectivity index (χ0) is 34.5. The lowest BCUT2D eigenvalue weighted by Crippen LogP contribution is -2.57. The standard InChI is InChI=1S/C36H68O9Si/c1-12-15-18-19-20-25(4)39-34-31(24-29(27(6)41-34)45-46(10,11)36(7,8)9)44-35-30(43-33(38)22-17-14-3)23-28(26(5)40-35)42-32(37)21-16-13-2/h25-31,34-35H,12-24H2,1-11H3/t25-,26+,27+,28-,29-,30-,31-,34-,35+/m1/s1. The van der Waals surface area contributed by atoms with Gasteiger partial charge in [-0.25, -0.2) is 0 Å². The van der Waals surface area contributed by atoms with Gasteiger partial charge in [-0.2, -0.15) is 0 Å². The molecule has 2 aliphatic rings. The first kappa shape index (κ1) is 41.1. The van der Waals surface area contributed by atoms with Crippen molar-refractivity contribution in [2.24, 2.45) is 0 Å². The molecule has 0 saturated carbocycles. The van der Waals surface area contributed by atoms with Gasteiger partial charge in [0.1, 0.15) is 12.2 Å². The molecule has 9 atom stereocenters. The molecule has 0 aliphatic carbocycles. The zero-order valence-corrected chi connectivity index (χ0v) is 32.1. The van der Waals surface area contributed by atoms with Crippen molar-refractivity contribution in [3.05, 3.63) is 0 Å². The summed E-state index contributed by atoms with van der Waals surface area (Å²) in [6.07, 6.45) is 6.28. The molecule has 9 nitrogen and oxygen atoms in total. The molecular weight excluding hydrogens is 604 g/mol. The summed E-state index contributed by atoms with van der Waals surface area (Å²) in [6.45, 7) is 23.5. The van der Waals surface area contributed by atoms with Gasteiger partial charge in [-0.3, -0.25) is 9.59 Å². The van der Waals surface area contributed by atoms with Crippen molar-refractivity contribution in [1.29, 1.82) is 0 Å². The largest absolute Gasteiger partial charge is 0.459 e. The van der Waals surface area contributed by atoms with Crippen molar-refractivity contribution in [3.8, 4) is 0 Å². The maximum Gasteiger partial charge on any atom is 0.306 e. The summed E-state index contributed by atoms with van der Waals surface area (Å²) in [5, 5.41) is 0.0344. The summed E-state index contributed by atoms with van der Waals surface area (Å²) in [4.78, 5) is 25.4. The summed E-state index contributed by atoms with van der Waals surface area (Å²) >= 11 is 0. The van der Waals surface area contributed by atoms with Crippen LogP contribution in [0, 0.1) is 0 Å². The highest BCUT2D eigenvalue weighted by Crippen LogP contribution is 2.40. The fourth-order valence-corrected chi connectivity index (χ4v) is 6.97. The van der Waals surface area contributed by atoms with E-state index in [0.717, 1.165) is 38.5 Å². The van der Waals surface area contributed by atoms with Crippen LogP contribution in [-0.4, -0.2) is 75.6 Å². The molecule has 0 aromatic heterocycles. The summed E-state index contributed by atoms with van der Waals surface area (Å²) in [5.41, 5.74) is 0. The summed E-state index contributed by atoms with van der Waals surface area (Å²) in [5.74, 6) is -0.574. The third-order valence-electron chi connectivity index (χ3n) is 9.71. The number of unbranched alkanes of at least 4 members (excludes halogenated alkanes) is 5. The topological polar surface area (TPSA) is 98.8 Å². The van der Waals surface area contributed by atoms with Crippen LogP contribution >= 0.6 is 0 Å². The fourth-order valence-electron chi connectivity index (χ4n) is 5.57. The smallest absolute Gasteiger partial charge is 0.306 e. The van der Waals surface area contributed by atoms with E-state index < -0.39 is 45.3 Å². The fraction of sp³-hybridized carbons (Fsp3) is 0.944. The monoisotopic (exact) mass is 672 g/mol. The minimum atomic E-state index is -2.11. The van der Waals surface area contributed by atoms with Gasteiger partial charge in [-0.15, -0.1) is 0 Å². The van der Waals surface area contributed by atoms with Crippen LogP contribution in [0.1, 0.15) is 146 Å². The van der Waals surface area contributed by atoms with Gasteiger partial charge in [0.05, 0.1) is 24.4 Å². The van der Waals surface area contributed by atoms with Crippen LogP contribution in [0.5, 0.6) is 0 Å². The van der Waals surface area contributed by atoms with Crippen molar-refractivity contribution in [3.63, 3.8) is 0 Å². The van der Waals surface area contributed by atoms with Crippen LogP contribution in [0.3, 0.4) is 0 Å². The molecule has 46 heavy (non-hydrogen) atoms. The van der Waals surface area contributed by atoms with Crippen molar-refractivity contribution < 1.29 is 42.4 Å². The summed E-state index contributed by atoms with van der Waals surface area (Å²) < 4.78 is 44.8. The van der Waals surface area contributed by atoms with Crippen LogP contribution in [-0.2, 0) is 42.4 Å². The van der Waals surface area contributed by atoms with E-state index in [4.69, 9.17) is 32.8 Å². The normalized spacial score (nSPS) is 29.7. The van der Waals surface area contributed by atoms with Crippen molar-refractivity contribution in [1.82, 2.24) is 0 Å². The van der Waals surface area contributed by atoms with Crippen molar-refractivity contribution >= 4 is 20.3 Å². The molecule has 2 saturated heterocycles. The Morgan fingerprint density at radius 1 is 0.739 bits per heavy atom. The highest BCUT2D eigenvalue weighted by molar-refractivity contribution is 6.74. The van der Waals surface area contributed by atoms with E-state index >= 15 is 0 Å². The number of rotatable bonds is 19. The van der Waals surface area contributed by atoms with Gasteiger partial charge in [0.25, 0.3) is 0 Å². The molecule has 0 N–H and O–H groups in total. The Kier molecular flexibility index (Phi) is 17.7. The predicted molar refractivity (Wildman–Crippen MR) is 183 cm³/mol. The first-order valence-electron chi connectivity index (χ1n) is 18.3. The SMILES string of the molecule is CCCCCC[C@@H](C)O[C@@H]1O[C@@H](C)[C@H](O[Si](C)(C)C(C)(C)C)C[C@H]1O[C@@H]1O[C@@H](C)[C@H](OC(=O)CCCC)C[C@H]1OC(=O)CCCC. The number of carbonyl (C=O) groups is 2. The van der Waals surface area contributed by atoms with E-state index in [9.17, 15) is 9.59 Å². The zero-order valence-electron chi connectivity index (χ0n) is 31.1. The highest BCUT2D eigenvalue weighted by atomic mass is 28.4. The van der Waals surface area contributed by atoms with E-state index in [0.29, 0.717) is 25.7 Å².